The summed E-state index contributed by atoms with van der Waals surface area (Å²) in [5.74, 6) is 2.39. The third kappa shape index (κ3) is 4.22. The molecule has 2 unspecified atom stereocenters. The monoisotopic (exact) mass is 263 g/mol. The number of furan rings is 1. The fourth-order valence-electron chi connectivity index (χ4n) is 2.45. The number of nitrogens with one attached hydrogen (secondary N) is 1. The Hall–Kier alpha value is -1.06. The van der Waals surface area contributed by atoms with E-state index in [0.29, 0.717) is 12.5 Å². The van der Waals surface area contributed by atoms with Crippen LogP contribution in [0.25, 0.3) is 0 Å². The Labute approximate surface area is 116 Å². The molecule has 0 aromatic carbocycles. The molecule has 0 fully saturated rings. The molecule has 0 amide bonds. The van der Waals surface area contributed by atoms with Gasteiger partial charge < -0.3 is 14.5 Å². The van der Waals surface area contributed by atoms with Crippen LogP contribution in [0.15, 0.2) is 28.9 Å². The molecule has 1 N–H and O–H groups in total. The van der Waals surface area contributed by atoms with Crippen LogP contribution in [-0.2, 0) is 17.9 Å². The first kappa shape index (κ1) is 14.4. The molecule has 19 heavy (non-hydrogen) atoms. The van der Waals surface area contributed by atoms with Crippen molar-refractivity contribution in [3.63, 3.8) is 0 Å². The minimum Gasteiger partial charge on any atom is -0.468 e. The third-order valence-electron chi connectivity index (χ3n) is 3.88. The summed E-state index contributed by atoms with van der Waals surface area (Å²) in [6, 6.07) is 2.01. The van der Waals surface area contributed by atoms with Crippen molar-refractivity contribution in [2.75, 3.05) is 13.2 Å². The highest BCUT2D eigenvalue weighted by Gasteiger charge is 2.18. The minimum absolute atomic E-state index is 0.657. The number of allylic oxidation sites excluding steroid dienone is 2. The van der Waals surface area contributed by atoms with E-state index in [2.05, 4.69) is 31.3 Å². The van der Waals surface area contributed by atoms with Crippen LogP contribution in [0.5, 0.6) is 0 Å². The van der Waals surface area contributed by atoms with E-state index in [1.165, 1.54) is 12.0 Å². The average molecular weight is 263 g/mol. The maximum atomic E-state index is 5.89. The SMILES string of the molecule is CCNCc1occc1COCC1CC=CCC1C. The van der Waals surface area contributed by atoms with Gasteiger partial charge in [0.15, 0.2) is 0 Å². The van der Waals surface area contributed by atoms with Crippen molar-refractivity contribution in [3.05, 3.63) is 35.8 Å². The second kappa shape index (κ2) is 7.51. The molecular weight excluding hydrogens is 238 g/mol. The largest absolute Gasteiger partial charge is 0.468 e. The van der Waals surface area contributed by atoms with E-state index in [1.807, 2.05) is 6.07 Å². The first-order valence-corrected chi connectivity index (χ1v) is 7.30. The van der Waals surface area contributed by atoms with Crippen LogP contribution in [0.1, 0.15) is 38.0 Å². The Kier molecular flexibility index (Phi) is 5.67. The number of hydrogen-bond donors (Lipinski definition) is 1. The second-order valence-electron chi connectivity index (χ2n) is 5.34. The fraction of sp³-hybridized carbons (Fsp3) is 0.625. The first-order valence-electron chi connectivity index (χ1n) is 7.30. The van der Waals surface area contributed by atoms with Gasteiger partial charge >= 0.3 is 0 Å². The summed E-state index contributed by atoms with van der Waals surface area (Å²) in [7, 11) is 0. The Balaban J connectivity index is 1.76. The van der Waals surface area contributed by atoms with E-state index in [4.69, 9.17) is 9.15 Å². The second-order valence-corrected chi connectivity index (χ2v) is 5.34. The van der Waals surface area contributed by atoms with Gasteiger partial charge in [0.25, 0.3) is 0 Å². The molecule has 1 aliphatic carbocycles. The Morgan fingerprint density at radius 1 is 1.37 bits per heavy atom. The maximum absolute atomic E-state index is 5.89. The molecule has 1 aromatic rings. The van der Waals surface area contributed by atoms with Gasteiger partial charge in [0.2, 0.25) is 0 Å². The molecule has 0 saturated carbocycles. The predicted molar refractivity (Wildman–Crippen MR) is 76.8 cm³/mol. The van der Waals surface area contributed by atoms with Gasteiger partial charge in [-0.3, -0.25) is 0 Å². The van der Waals surface area contributed by atoms with E-state index in [9.17, 15) is 0 Å². The number of rotatable bonds is 7. The topological polar surface area (TPSA) is 34.4 Å². The van der Waals surface area contributed by atoms with Gasteiger partial charge in [0.05, 0.1) is 26.0 Å². The lowest BCUT2D eigenvalue weighted by Gasteiger charge is -2.24. The molecule has 1 aromatic heterocycles. The molecule has 0 bridgehead atoms. The van der Waals surface area contributed by atoms with E-state index in [1.54, 1.807) is 6.26 Å². The smallest absolute Gasteiger partial charge is 0.123 e. The van der Waals surface area contributed by atoms with Crippen LogP contribution in [0, 0.1) is 11.8 Å². The zero-order valence-electron chi connectivity index (χ0n) is 12.0. The zero-order valence-corrected chi connectivity index (χ0v) is 12.0. The predicted octanol–water partition coefficient (Wildman–Crippen LogP) is 3.51. The fourth-order valence-corrected chi connectivity index (χ4v) is 2.45. The highest BCUT2D eigenvalue weighted by Crippen LogP contribution is 2.25. The van der Waals surface area contributed by atoms with Crippen LogP contribution < -0.4 is 5.32 Å². The van der Waals surface area contributed by atoms with Crippen molar-refractivity contribution in [1.82, 2.24) is 5.32 Å². The van der Waals surface area contributed by atoms with Gasteiger partial charge in [0, 0.05) is 5.56 Å². The lowest BCUT2D eigenvalue weighted by molar-refractivity contribution is 0.0672. The molecule has 0 spiro atoms. The summed E-state index contributed by atoms with van der Waals surface area (Å²) < 4.78 is 11.4. The van der Waals surface area contributed by atoms with Crippen molar-refractivity contribution >= 4 is 0 Å². The van der Waals surface area contributed by atoms with Gasteiger partial charge in [-0.05, 0) is 37.3 Å². The zero-order chi connectivity index (χ0) is 13.5. The third-order valence-corrected chi connectivity index (χ3v) is 3.88. The molecule has 0 radical (unpaired) electrons. The standard InChI is InChI=1S/C16H25NO2/c1-3-17-10-16-15(8-9-19-16)12-18-11-14-7-5-4-6-13(14)2/h4-5,8-9,13-14,17H,3,6-7,10-12H2,1-2H3. The molecule has 3 heteroatoms. The molecule has 2 rings (SSSR count). The van der Waals surface area contributed by atoms with E-state index in [-0.39, 0.29) is 0 Å². The van der Waals surface area contributed by atoms with Crippen LogP contribution in [0.3, 0.4) is 0 Å². The average Bonchev–Trinajstić information content (AvgIpc) is 2.86. The molecule has 0 saturated heterocycles. The molecule has 1 heterocycles. The van der Waals surface area contributed by atoms with Crippen LogP contribution in [-0.4, -0.2) is 13.2 Å². The Morgan fingerprint density at radius 3 is 3.00 bits per heavy atom. The summed E-state index contributed by atoms with van der Waals surface area (Å²) in [4.78, 5) is 0. The molecule has 2 atom stereocenters. The van der Waals surface area contributed by atoms with Crippen LogP contribution >= 0.6 is 0 Å². The molecule has 0 aliphatic heterocycles. The van der Waals surface area contributed by atoms with Crippen molar-refractivity contribution < 1.29 is 9.15 Å². The Morgan fingerprint density at radius 2 is 2.21 bits per heavy atom. The highest BCUT2D eigenvalue weighted by atomic mass is 16.5. The van der Waals surface area contributed by atoms with Gasteiger partial charge in [0.1, 0.15) is 5.76 Å². The van der Waals surface area contributed by atoms with Crippen LogP contribution in [0.4, 0.5) is 0 Å². The van der Waals surface area contributed by atoms with Crippen molar-refractivity contribution in [1.29, 1.82) is 0 Å². The Bertz CT molecular complexity index is 397. The molecule has 106 valence electrons. The lowest BCUT2D eigenvalue weighted by Crippen LogP contribution is -2.19. The summed E-state index contributed by atoms with van der Waals surface area (Å²) in [5, 5.41) is 3.28. The quantitative estimate of drug-likeness (QED) is 0.764. The van der Waals surface area contributed by atoms with Crippen molar-refractivity contribution in [2.45, 2.75) is 39.8 Å². The molecule has 3 nitrogen and oxygen atoms in total. The summed E-state index contributed by atoms with van der Waals surface area (Å²) in [6.45, 7) is 7.64. The maximum Gasteiger partial charge on any atom is 0.123 e. The van der Waals surface area contributed by atoms with E-state index in [0.717, 1.165) is 37.8 Å². The van der Waals surface area contributed by atoms with E-state index < -0.39 is 0 Å². The summed E-state index contributed by atoms with van der Waals surface area (Å²) >= 11 is 0. The number of hydrogen-bond acceptors (Lipinski definition) is 3. The highest BCUT2D eigenvalue weighted by molar-refractivity contribution is 5.15. The summed E-state index contributed by atoms with van der Waals surface area (Å²) in [5.41, 5.74) is 1.17. The summed E-state index contributed by atoms with van der Waals surface area (Å²) in [6.07, 6.45) is 8.65. The van der Waals surface area contributed by atoms with Gasteiger partial charge in [-0.2, -0.15) is 0 Å². The van der Waals surface area contributed by atoms with Crippen molar-refractivity contribution in [2.24, 2.45) is 11.8 Å². The first-order chi connectivity index (χ1) is 9.31. The number of ether oxygens (including phenoxy) is 1. The van der Waals surface area contributed by atoms with Gasteiger partial charge in [-0.1, -0.05) is 26.0 Å². The normalized spacial score (nSPS) is 22.8. The minimum atomic E-state index is 0.657. The van der Waals surface area contributed by atoms with Gasteiger partial charge in [-0.25, -0.2) is 0 Å². The lowest BCUT2D eigenvalue weighted by atomic mass is 9.85. The van der Waals surface area contributed by atoms with Gasteiger partial charge in [-0.15, -0.1) is 0 Å². The molecule has 1 aliphatic rings. The van der Waals surface area contributed by atoms with Crippen LogP contribution in [0.2, 0.25) is 0 Å². The molecular formula is C16H25NO2. The van der Waals surface area contributed by atoms with E-state index >= 15 is 0 Å². The van der Waals surface area contributed by atoms with Crippen molar-refractivity contribution in [3.8, 4) is 0 Å².